The van der Waals surface area contributed by atoms with E-state index in [0.29, 0.717) is 25.3 Å². The molecule has 1 aliphatic rings. The van der Waals surface area contributed by atoms with Gasteiger partial charge in [0, 0.05) is 6.61 Å². The average molecular weight is 352 g/mol. The molecule has 1 atom stereocenters. The Labute approximate surface area is 140 Å². The number of tetrazole rings is 1. The molecule has 0 amide bonds. The number of ether oxygens (including phenoxy) is 2. The van der Waals surface area contributed by atoms with Crippen LogP contribution < -0.4 is 0 Å². The topological polar surface area (TPSA) is 96.2 Å². The second-order valence-corrected chi connectivity index (χ2v) is 7.55. The molecule has 1 fully saturated rings. The van der Waals surface area contributed by atoms with Gasteiger partial charge in [-0.25, -0.2) is 8.42 Å². The molecule has 8 nitrogen and oxygen atoms in total. The fourth-order valence-corrected chi connectivity index (χ4v) is 3.75. The van der Waals surface area contributed by atoms with Gasteiger partial charge in [0.1, 0.15) is 0 Å². The zero-order valence-electron chi connectivity index (χ0n) is 13.2. The van der Waals surface area contributed by atoms with E-state index in [1.54, 1.807) is 24.3 Å². The van der Waals surface area contributed by atoms with Gasteiger partial charge in [-0.1, -0.05) is 23.3 Å². The van der Waals surface area contributed by atoms with Gasteiger partial charge >= 0.3 is 0 Å². The lowest BCUT2D eigenvalue weighted by Crippen LogP contribution is -2.23. The van der Waals surface area contributed by atoms with Crippen LogP contribution in [0, 0.1) is 0 Å². The van der Waals surface area contributed by atoms with Crippen LogP contribution >= 0.6 is 0 Å². The molecule has 1 saturated heterocycles. The van der Waals surface area contributed by atoms with Crippen LogP contribution in [0.1, 0.15) is 25.7 Å². The maximum absolute atomic E-state index is 12.5. The minimum absolute atomic E-state index is 0.0765. The minimum Gasteiger partial charge on any atom is -0.353 e. The highest BCUT2D eigenvalue weighted by molar-refractivity contribution is 7.91. The number of aromatic nitrogens is 4. The highest BCUT2D eigenvalue weighted by Gasteiger charge is 2.24. The molecule has 1 aromatic heterocycles. The third-order valence-corrected chi connectivity index (χ3v) is 5.36. The molecule has 9 heteroatoms. The van der Waals surface area contributed by atoms with E-state index in [2.05, 4.69) is 15.5 Å². The van der Waals surface area contributed by atoms with Gasteiger partial charge in [-0.3, -0.25) is 0 Å². The van der Waals surface area contributed by atoms with E-state index >= 15 is 0 Å². The molecule has 0 aliphatic carbocycles. The SMILES string of the molecule is O=S(=O)(CCCOC1CCCCO1)c1nnnn1-c1ccccc1. The number of nitrogens with zero attached hydrogens (tertiary/aromatic N) is 4. The number of hydrogen-bond acceptors (Lipinski definition) is 7. The van der Waals surface area contributed by atoms with E-state index in [1.807, 2.05) is 6.07 Å². The van der Waals surface area contributed by atoms with Gasteiger partial charge in [0.25, 0.3) is 5.16 Å². The molecule has 0 N–H and O–H groups in total. The number of sulfone groups is 1. The van der Waals surface area contributed by atoms with Crippen LogP contribution in [0.5, 0.6) is 0 Å². The van der Waals surface area contributed by atoms with Crippen molar-refractivity contribution >= 4 is 9.84 Å². The van der Waals surface area contributed by atoms with E-state index in [0.717, 1.165) is 19.3 Å². The first-order chi connectivity index (χ1) is 11.7. The van der Waals surface area contributed by atoms with Crippen molar-refractivity contribution < 1.29 is 17.9 Å². The maximum Gasteiger partial charge on any atom is 0.272 e. The standard InChI is InChI=1S/C15H20N4O4S/c20-24(21,12-6-11-23-14-9-4-5-10-22-14)15-16-17-18-19(15)13-7-2-1-3-8-13/h1-3,7-8,14H,4-6,9-12H2. The predicted molar refractivity (Wildman–Crippen MR) is 85.4 cm³/mol. The molecular formula is C15H20N4O4S. The van der Waals surface area contributed by atoms with Gasteiger partial charge in [0.2, 0.25) is 9.84 Å². The lowest BCUT2D eigenvalue weighted by Gasteiger charge is -2.22. The average Bonchev–Trinajstić information content (AvgIpc) is 3.11. The Kier molecular flexibility index (Phi) is 5.54. The first-order valence-corrected chi connectivity index (χ1v) is 9.62. The quantitative estimate of drug-likeness (QED) is 0.694. The van der Waals surface area contributed by atoms with E-state index in [9.17, 15) is 8.42 Å². The first-order valence-electron chi connectivity index (χ1n) is 7.96. The Morgan fingerprint density at radius 2 is 2.08 bits per heavy atom. The van der Waals surface area contributed by atoms with Crippen LogP contribution in [0.4, 0.5) is 0 Å². The molecule has 2 heterocycles. The molecule has 130 valence electrons. The van der Waals surface area contributed by atoms with Crippen molar-refractivity contribution in [2.75, 3.05) is 19.0 Å². The maximum atomic E-state index is 12.5. The summed E-state index contributed by atoms with van der Waals surface area (Å²) in [6.45, 7) is 1.03. The molecule has 0 radical (unpaired) electrons. The minimum atomic E-state index is -3.59. The van der Waals surface area contributed by atoms with Gasteiger partial charge in [-0.15, -0.1) is 0 Å². The molecule has 2 aromatic rings. The Hall–Kier alpha value is -1.84. The molecule has 1 unspecified atom stereocenters. The zero-order valence-corrected chi connectivity index (χ0v) is 14.1. The lowest BCUT2D eigenvalue weighted by molar-refractivity contribution is -0.162. The van der Waals surface area contributed by atoms with Crippen molar-refractivity contribution in [1.29, 1.82) is 0 Å². The third-order valence-electron chi connectivity index (χ3n) is 3.72. The van der Waals surface area contributed by atoms with Crippen LogP contribution in [0.25, 0.3) is 5.69 Å². The number of rotatable bonds is 7. The van der Waals surface area contributed by atoms with Gasteiger partial charge in [0.05, 0.1) is 18.0 Å². The summed E-state index contributed by atoms with van der Waals surface area (Å²) in [5, 5.41) is 10.8. The summed E-state index contributed by atoms with van der Waals surface area (Å²) >= 11 is 0. The van der Waals surface area contributed by atoms with E-state index in [4.69, 9.17) is 9.47 Å². The summed E-state index contributed by atoms with van der Waals surface area (Å²) in [7, 11) is -3.59. The summed E-state index contributed by atoms with van der Waals surface area (Å²) in [4.78, 5) is 0. The monoisotopic (exact) mass is 352 g/mol. The summed E-state index contributed by atoms with van der Waals surface area (Å²) < 4.78 is 37.2. The smallest absolute Gasteiger partial charge is 0.272 e. The van der Waals surface area contributed by atoms with E-state index in [1.165, 1.54) is 4.68 Å². The molecule has 3 rings (SSSR count). The van der Waals surface area contributed by atoms with E-state index < -0.39 is 9.84 Å². The highest BCUT2D eigenvalue weighted by Crippen LogP contribution is 2.16. The Balaban J connectivity index is 1.59. The number of para-hydroxylation sites is 1. The van der Waals surface area contributed by atoms with Gasteiger partial charge in [0.15, 0.2) is 6.29 Å². The summed E-state index contributed by atoms with van der Waals surface area (Å²) in [5.41, 5.74) is 0.605. The van der Waals surface area contributed by atoms with Crippen molar-refractivity contribution in [1.82, 2.24) is 20.2 Å². The summed E-state index contributed by atoms with van der Waals surface area (Å²) in [5.74, 6) is -0.0765. The number of benzene rings is 1. The van der Waals surface area contributed by atoms with E-state index in [-0.39, 0.29) is 17.2 Å². The normalized spacial score (nSPS) is 18.6. The molecule has 0 bridgehead atoms. The van der Waals surface area contributed by atoms with Gasteiger partial charge < -0.3 is 9.47 Å². The second kappa shape index (κ2) is 7.82. The van der Waals surface area contributed by atoms with Crippen LogP contribution in [0.2, 0.25) is 0 Å². The van der Waals surface area contributed by atoms with Crippen LogP contribution in [-0.4, -0.2) is 53.9 Å². The van der Waals surface area contributed by atoms with Crippen LogP contribution in [0.15, 0.2) is 35.5 Å². The lowest BCUT2D eigenvalue weighted by atomic mass is 10.2. The molecule has 1 aromatic carbocycles. The van der Waals surface area contributed by atoms with Crippen LogP contribution in [0.3, 0.4) is 0 Å². The first kappa shape index (κ1) is 17.0. The van der Waals surface area contributed by atoms with Crippen molar-refractivity contribution in [3.05, 3.63) is 30.3 Å². The molecule has 0 saturated carbocycles. The zero-order chi connectivity index (χ0) is 16.8. The third kappa shape index (κ3) is 4.16. The second-order valence-electron chi connectivity index (χ2n) is 5.55. The fourth-order valence-electron chi connectivity index (χ4n) is 2.50. The summed E-state index contributed by atoms with van der Waals surface area (Å²) in [6, 6.07) is 8.93. The number of hydrogen-bond donors (Lipinski definition) is 0. The predicted octanol–water partition coefficient (Wildman–Crippen LogP) is 1.37. The largest absolute Gasteiger partial charge is 0.353 e. The van der Waals surface area contributed by atoms with Crippen molar-refractivity contribution in [3.8, 4) is 5.69 Å². The van der Waals surface area contributed by atoms with Crippen molar-refractivity contribution in [2.24, 2.45) is 0 Å². The summed E-state index contributed by atoms with van der Waals surface area (Å²) in [6.07, 6.45) is 3.14. The molecular weight excluding hydrogens is 332 g/mol. The molecule has 1 aliphatic heterocycles. The van der Waals surface area contributed by atoms with Gasteiger partial charge in [-0.05, 0) is 48.2 Å². The molecule has 24 heavy (non-hydrogen) atoms. The van der Waals surface area contributed by atoms with Gasteiger partial charge in [-0.2, -0.15) is 4.68 Å². The van der Waals surface area contributed by atoms with Crippen molar-refractivity contribution in [2.45, 2.75) is 37.1 Å². The van der Waals surface area contributed by atoms with Crippen molar-refractivity contribution in [3.63, 3.8) is 0 Å². The van der Waals surface area contributed by atoms with Crippen LogP contribution in [-0.2, 0) is 19.3 Å². The fraction of sp³-hybridized carbons (Fsp3) is 0.533. The Bertz CT molecular complexity index is 742. The highest BCUT2D eigenvalue weighted by atomic mass is 32.2. The molecule has 0 spiro atoms. The Morgan fingerprint density at radius 3 is 2.83 bits per heavy atom. The Morgan fingerprint density at radius 1 is 1.25 bits per heavy atom.